The van der Waals surface area contributed by atoms with Gasteiger partial charge >= 0.3 is 0 Å². The van der Waals surface area contributed by atoms with Gasteiger partial charge < -0.3 is 20.3 Å². The second-order valence-electron chi connectivity index (χ2n) is 8.08. The summed E-state index contributed by atoms with van der Waals surface area (Å²) < 4.78 is 7.22. The summed E-state index contributed by atoms with van der Waals surface area (Å²) in [4.78, 5) is 20.8. The molecule has 2 heterocycles. The number of benzene rings is 1. The molecule has 1 aliphatic rings. The number of rotatable bonds is 9. The van der Waals surface area contributed by atoms with Gasteiger partial charge in [-0.1, -0.05) is 30.3 Å². The number of halogens is 1. The van der Waals surface area contributed by atoms with Crippen LogP contribution in [0.5, 0.6) is 0 Å². The molecule has 182 valence electrons. The number of nitrogens with one attached hydrogen (secondary N) is 2. The zero-order valence-electron chi connectivity index (χ0n) is 19.8. The molecule has 0 radical (unpaired) electrons. The summed E-state index contributed by atoms with van der Waals surface area (Å²) in [5, 5.41) is 11.1. The molecule has 10 heteroatoms. The molecular weight excluding hydrogens is 533 g/mol. The quantitative estimate of drug-likeness (QED) is 0.206. The van der Waals surface area contributed by atoms with Crippen LogP contribution >= 0.6 is 24.0 Å². The smallest absolute Gasteiger partial charge is 0.241 e. The van der Waals surface area contributed by atoms with Crippen LogP contribution in [-0.4, -0.2) is 91.5 Å². The molecule has 0 atom stereocenters. The van der Waals surface area contributed by atoms with Crippen LogP contribution in [-0.2, 0) is 23.1 Å². The molecule has 0 bridgehead atoms. The number of nitrogens with zero attached hydrogens (tertiary/aromatic N) is 5. The number of guanidine groups is 1. The SMILES string of the molecule is CN(C)C(=O)CNC(=NCc1cn(C)nc1-c1ccccc1)NCCCN1CCOCC1.I. The lowest BCUT2D eigenvalue weighted by Crippen LogP contribution is -2.44. The summed E-state index contributed by atoms with van der Waals surface area (Å²) in [6, 6.07) is 10.1. The van der Waals surface area contributed by atoms with Gasteiger partial charge in [-0.15, -0.1) is 24.0 Å². The van der Waals surface area contributed by atoms with Crippen LogP contribution in [0.15, 0.2) is 41.5 Å². The van der Waals surface area contributed by atoms with E-state index in [-0.39, 0.29) is 36.4 Å². The van der Waals surface area contributed by atoms with Gasteiger partial charge in [0.15, 0.2) is 5.96 Å². The zero-order chi connectivity index (χ0) is 22.8. The summed E-state index contributed by atoms with van der Waals surface area (Å²) in [5.74, 6) is 0.629. The molecule has 1 aromatic heterocycles. The van der Waals surface area contributed by atoms with Crippen molar-refractivity contribution in [2.45, 2.75) is 13.0 Å². The first-order chi connectivity index (χ1) is 15.5. The van der Waals surface area contributed by atoms with Gasteiger partial charge in [0.25, 0.3) is 0 Å². The Labute approximate surface area is 213 Å². The van der Waals surface area contributed by atoms with E-state index in [1.807, 2.05) is 48.3 Å². The third kappa shape index (κ3) is 8.94. The highest BCUT2D eigenvalue weighted by atomic mass is 127. The number of aliphatic imine (C=N–C) groups is 1. The number of carbonyl (C=O) groups excluding carboxylic acids is 1. The lowest BCUT2D eigenvalue weighted by atomic mass is 10.1. The van der Waals surface area contributed by atoms with E-state index in [1.165, 1.54) is 0 Å². The van der Waals surface area contributed by atoms with E-state index in [4.69, 9.17) is 9.73 Å². The standard InChI is InChI=1S/C23H35N7O2.HI/c1-28(2)21(31)17-26-23(24-10-7-11-30-12-14-32-15-13-30)25-16-20-18-29(3)27-22(20)19-8-5-4-6-9-19;/h4-6,8-9,18H,7,10-17H2,1-3H3,(H2,24,25,26);1H. The Hall–Kier alpha value is -2.18. The highest BCUT2D eigenvalue weighted by molar-refractivity contribution is 14.0. The van der Waals surface area contributed by atoms with Crippen LogP contribution in [0.3, 0.4) is 0 Å². The molecule has 0 spiro atoms. The average molecular weight is 569 g/mol. The summed E-state index contributed by atoms with van der Waals surface area (Å²) in [7, 11) is 5.41. The van der Waals surface area contributed by atoms with Crippen molar-refractivity contribution in [2.24, 2.45) is 12.0 Å². The van der Waals surface area contributed by atoms with Crippen LogP contribution in [0.4, 0.5) is 0 Å². The Morgan fingerprint density at radius 2 is 1.91 bits per heavy atom. The zero-order valence-corrected chi connectivity index (χ0v) is 22.1. The number of aryl methyl sites for hydroxylation is 1. The number of aromatic nitrogens is 2. The van der Waals surface area contributed by atoms with Crippen LogP contribution in [0, 0.1) is 0 Å². The second-order valence-corrected chi connectivity index (χ2v) is 8.08. The van der Waals surface area contributed by atoms with Gasteiger partial charge in [-0.05, 0) is 13.0 Å². The molecule has 1 fully saturated rings. The maximum atomic E-state index is 12.0. The van der Waals surface area contributed by atoms with Crippen LogP contribution in [0.1, 0.15) is 12.0 Å². The molecule has 1 saturated heterocycles. The first-order valence-electron chi connectivity index (χ1n) is 11.1. The largest absolute Gasteiger partial charge is 0.379 e. The number of ether oxygens (including phenoxy) is 1. The van der Waals surface area contributed by atoms with Crippen molar-refractivity contribution >= 4 is 35.8 Å². The van der Waals surface area contributed by atoms with Crippen molar-refractivity contribution < 1.29 is 9.53 Å². The lowest BCUT2D eigenvalue weighted by Gasteiger charge is -2.26. The van der Waals surface area contributed by atoms with Crippen molar-refractivity contribution in [1.29, 1.82) is 0 Å². The van der Waals surface area contributed by atoms with Gasteiger partial charge in [0, 0.05) is 58.1 Å². The topological polar surface area (TPSA) is 87.0 Å². The van der Waals surface area contributed by atoms with Gasteiger partial charge in [-0.3, -0.25) is 14.4 Å². The minimum atomic E-state index is -0.000769. The van der Waals surface area contributed by atoms with E-state index in [0.717, 1.165) is 62.6 Å². The van der Waals surface area contributed by atoms with E-state index in [0.29, 0.717) is 12.5 Å². The molecule has 2 aromatic rings. The van der Waals surface area contributed by atoms with Gasteiger partial charge in [-0.2, -0.15) is 5.10 Å². The third-order valence-corrected chi connectivity index (χ3v) is 5.31. The molecule has 9 nitrogen and oxygen atoms in total. The monoisotopic (exact) mass is 569 g/mol. The normalized spacial score (nSPS) is 14.5. The molecule has 1 aliphatic heterocycles. The Kier molecular flexibility index (Phi) is 11.6. The minimum Gasteiger partial charge on any atom is -0.379 e. The first-order valence-corrected chi connectivity index (χ1v) is 11.1. The molecule has 0 aliphatic carbocycles. The van der Waals surface area contributed by atoms with E-state index < -0.39 is 0 Å². The highest BCUT2D eigenvalue weighted by Gasteiger charge is 2.12. The Balaban J connectivity index is 0.00000385. The van der Waals surface area contributed by atoms with Gasteiger partial charge in [-0.25, -0.2) is 4.99 Å². The van der Waals surface area contributed by atoms with E-state index in [1.54, 1.807) is 19.0 Å². The number of carbonyl (C=O) groups is 1. The molecule has 2 N–H and O–H groups in total. The first kappa shape index (κ1) is 27.1. The van der Waals surface area contributed by atoms with Crippen LogP contribution < -0.4 is 10.6 Å². The molecule has 1 amide bonds. The molecule has 0 unspecified atom stereocenters. The lowest BCUT2D eigenvalue weighted by molar-refractivity contribution is -0.127. The molecule has 3 rings (SSSR count). The predicted octanol–water partition coefficient (Wildman–Crippen LogP) is 1.55. The van der Waals surface area contributed by atoms with Crippen LogP contribution in [0.25, 0.3) is 11.3 Å². The maximum absolute atomic E-state index is 12.0. The second kappa shape index (κ2) is 14.2. The van der Waals surface area contributed by atoms with Gasteiger partial charge in [0.2, 0.25) is 5.91 Å². The fourth-order valence-electron chi connectivity index (χ4n) is 3.48. The van der Waals surface area contributed by atoms with Crippen molar-refractivity contribution in [3.8, 4) is 11.3 Å². The number of hydrogen-bond acceptors (Lipinski definition) is 5. The summed E-state index contributed by atoms with van der Waals surface area (Å²) >= 11 is 0. The fraction of sp³-hybridized carbons (Fsp3) is 0.522. The van der Waals surface area contributed by atoms with Crippen LogP contribution in [0.2, 0.25) is 0 Å². The summed E-state index contributed by atoms with van der Waals surface area (Å²) in [6.07, 6.45) is 2.98. The fourth-order valence-corrected chi connectivity index (χ4v) is 3.48. The summed E-state index contributed by atoms with van der Waals surface area (Å²) in [5.41, 5.74) is 3.02. The predicted molar refractivity (Wildman–Crippen MR) is 142 cm³/mol. The molecule has 33 heavy (non-hydrogen) atoms. The van der Waals surface area contributed by atoms with Gasteiger partial charge in [0.1, 0.15) is 0 Å². The van der Waals surface area contributed by atoms with Crippen molar-refractivity contribution in [3.05, 3.63) is 42.1 Å². The molecule has 1 aromatic carbocycles. The van der Waals surface area contributed by atoms with Crippen molar-refractivity contribution in [3.63, 3.8) is 0 Å². The van der Waals surface area contributed by atoms with E-state index in [9.17, 15) is 4.79 Å². The Morgan fingerprint density at radius 1 is 1.18 bits per heavy atom. The number of morpholine rings is 1. The van der Waals surface area contributed by atoms with Crippen molar-refractivity contribution in [1.82, 2.24) is 30.2 Å². The Morgan fingerprint density at radius 3 is 2.61 bits per heavy atom. The minimum absolute atomic E-state index is 0. The molecular formula is C23H36IN7O2. The van der Waals surface area contributed by atoms with E-state index >= 15 is 0 Å². The average Bonchev–Trinajstić information content (AvgIpc) is 3.19. The number of likely N-dealkylation sites (N-methyl/N-ethyl adjacent to an activating group) is 1. The maximum Gasteiger partial charge on any atom is 0.241 e. The number of amides is 1. The Bertz CT molecular complexity index is 880. The number of hydrogen-bond donors (Lipinski definition) is 2. The third-order valence-electron chi connectivity index (χ3n) is 5.31. The summed E-state index contributed by atoms with van der Waals surface area (Å²) in [6.45, 7) is 6.04. The van der Waals surface area contributed by atoms with E-state index in [2.05, 4.69) is 20.6 Å². The van der Waals surface area contributed by atoms with Gasteiger partial charge in [0.05, 0.1) is 32.0 Å². The highest BCUT2D eigenvalue weighted by Crippen LogP contribution is 2.22. The van der Waals surface area contributed by atoms with Crippen molar-refractivity contribution in [2.75, 3.05) is 60.0 Å². The molecule has 0 saturated carbocycles.